The minimum Gasteiger partial charge on any atom is -0.416 e. The zero-order valence-corrected chi connectivity index (χ0v) is 14.0. The van der Waals surface area contributed by atoms with Crippen molar-refractivity contribution in [1.82, 2.24) is 0 Å². The second kappa shape index (κ2) is 7.22. The quantitative estimate of drug-likeness (QED) is 0.669. The summed E-state index contributed by atoms with van der Waals surface area (Å²) >= 11 is 0. The Morgan fingerprint density at radius 3 is 2.26 bits per heavy atom. The van der Waals surface area contributed by atoms with Gasteiger partial charge in [0.2, 0.25) is 0 Å². The molecule has 0 aliphatic heterocycles. The van der Waals surface area contributed by atoms with E-state index in [1.165, 1.54) is 5.56 Å². The molecule has 0 aromatic heterocycles. The number of benzene rings is 1. The molecule has 0 fully saturated rings. The van der Waals surface area contributed by atoms with Crippen LogP contribution in [0.3, 0.4) is 0 Å². The summed E-state index contributed by atoms with van der Waals surface area (Å²) in [6.45, 7) is 13.3. The summed E-state index contributed by atoms with van der Waals surface area (Å²) in [6, 6.07) is 11.7. The largest absolute Gasteiger partial charge is 0.416 e. The average Bonchev–Trinajstić information content (AvgIpc) is 2.35. The van der Waals surface area contributed by atoms with Crippen molar-refractivity contribution in [2.45, 2.75) is 39.9 Å². The van der Waals surface area contributed by atoms with Gasteiger partial charge in [0.05, 0.1) is 6.61 Å². The molecule has 0 N–H and O–H groups in total. The smallest absolute Gasteiger partial charge is 0.191 e. The number of hydrogen-bond acceptors (Lipinski definition) is 2. The monoisotopic (exact) mass is 280 g/mol. The van der Waals surface area contributed by atoms with E-state index in [2.05, 4.69) is 57.3 Å². The molecular formula is C16H28O2Si. The van der Waals surface area contributed by atoms with Crippen molar-refractivity contribution in [3.05, 3.63) is 35.9 Å². The van der Waals surface area contributed by atoms with E-state index in [0.29, 0.717) is 0 Å². The lowest BCUT2D eigenvalue weighted by molar-refractivity contribution is 0.0385. The van der Waals surface area contributed by atoms with Gasteiger partial charge in [-0.1, -0.05) is 44.2 Å². The predicted octanol–water partition coefficient (Wildman–Crippen LogP) is 4.05. The molecule has 1 rings (SSSR count). The van der Waals surface area contributed by atoms with Gasteiger partial charge in [-0.15, -0.1) is 0 Å². The molecule has 0 bridgehead atoms. The number of hydrogen-bond donors (Lipinski definition) is 0. The highest BCUT2D eigenvalue weighted by Gasteiger charge is 2.27. The number of rotatable bonds is 8. The lowest BCUT2D eigenvalue weighted by Crippen LogP contribution is -2.39. The normalized spacial score (nSPS) is 12.7. The Bertz CT molecular complexity index is 360. The van der Waals surface area contributed by atoms with E-state index in [1.807, 2.05) is 6.92 Å². The van der Waals surface area contributed by atoms with Gasteiger partial charge in [-0.25, -0.2) is 0 Å². The van der Waals surface area contributed by atoms with Crippen molar-refractivity contribution < 1.29 is 9.16 Å². The topological polar surface area (TPSA) is 18.5 Å². The molecule has 0 spiro atoms. The highest BCUT2D eigenvalue weighted by Crippen LogP contribution is 2.21. The SMILES string of the molecule is CCOCC(C)(C)CO[Si](C)(C)Cc1ccccc1. The van der Waals surface area contributed by atoms with Crippen LogP contribution in [0.25, 0.3) is 0 Å². The molecule has 0 saturated heterocycles. The third-order valence-electron chi connectivity index (χ3n) is 3.02. The van der Waals surface area contributed by atoms with Crippen LogP contribution in [0.4, 0.5) is 0 Å². The summed E-state index contributed by atoms with van der Waals surface area (Å²) in [4.78, 5) is 0. The minimum atomic E-state index is -1.65. The molecule has 0 radical (unpaired) electrons. The van der Waals surface area contributed by atoms with Crippen LogP contribution in [0.15, 0.2) is 30.3 Å². The molecule has 1 aromatic carbocycles. The van der Waals surface area contributed by atoms with Gasteiger partial charge in [0.15, 0.2) is 8.32 Å². The van der Waals surface area contributed by atoms with Crippen LogP contribution < -0.4 is 0 Å². The predicted molar refractivity (Wildman–Crippen MR) is 83.9 cm³/mol. The lowest BCUT2D eigenvalue weighted by atomic mass is 9.97. The standard InChI is InChI=1S/C16H28O2Si/c1-6-17-13-16(2,3)14-18-19(4,5)12-15-10-8-7-9-11-15/h7-11H,6,12-14H2,1-5H3. The van der Waals surface area contributed by atoms with Gasteiger partial charge >= 0.3 is 0 Å². The van der Waals surface area contributed by atoms with E-state index in [9.17, 15) is 0 Å². The molecule has 0 atom stereocenters. The zero-order chi connectivity index (χ0) is 14.4. The number of ether oxygens (including phenoxy) is 1. The van der Waals surface area contributed by atoms with Crippen LogP contribution in [-0.2, 0) is 15.2 Å². The minimum absolute atomic E-state index is 0.0942. The molecule has 0 aliphatic carbocycles. The highest BCUT2D eigenvalue weighted by molar-refractivity contribution is 6.70. The Morgan fingerprint density at radius 2 is 1.68 bits per heavy atom. The first kappa shape index (κ1) is 16.4. The van der Waals surface area contributed by atoms with Gasteiger partial charge in [-0.05, 0) is 31.6 Å². The van der Waals surface area contributed by atoms with Crippen molar-refractivity contribution in [3.63, 3.8) is 0 Å². The first-order valence-electron chi connectivity index (χ1n) is 7.10. The Labute approximate surface area is 119 Å². The van der Waals surface area contributed by atoms with Crippen molar-refractivity contribution in [3.8, 4) is 0 Å². The zero-order valence-electron chi connectivity index (χ0n) is 13.0. The van der Waals surface area contributed by atoms with Gasteiger partial charge in [-0.3, -0.25) is 0 Å². The fourth-order valence-corrected chi connectivity index (χ4v) is 4.05. The first-order chi connectivity index (χ1) is 8.85. The molecule has 0 unspecified atom stereocenters. The maximum atomic E-state index is 6.25. The molecule has 19 heavy (non-hydrogen) atoms. The second-order valence-corrected chi connectivity index (χ2v) is 10.7. The van der Waals surface area contributed by atoms with E-state index >= 15 is 0 Å². The van der Waals surface area contributed by atoms with Crippen molar-refractivity contribution in [1.29, 1.82) is 0 Å². The molecule has 0 saturated carbocycles. The van der Waals surface area contributed by atoms with E-state index in [0.717, 1.165) is 25.9 Å². The van der Waals surface area contributed by atoms with Crippen LogP contribution in [0.1, 0.15) is 26.3 Å². The van der Waals surface area contributed by atoms with Crippen LogP contribution in [0, 0.1) is 5.41 Å². The summed E-state index contributed by atoms with van der Waals surface area (Å²) in [7, 11) is -1.65. The Hall–Kier alpha value is -0.643. The highest BCUT2D eigenvalue weighted by atomic mass is 28.4. The summed E-state index contributed by atoms with van der Waals surface area (Å²) in [5, 5.41) is 0. The van der Waals surface area contributed by atoms with Gasteiger partial charge in [0.1, 0.15) is 0 Å². The van der Waals surface area contributed by atoms with Crippen LogP contribution in [0.2, 0.25) is 13.1 Å². The fourth-order valence-electron chi connectivity index (χ4n) is 1.95. The fraction of sp³-hybridized carbons (Fsp3) is 0.625. The summed E-state index contributed by atoms with van der Waals surface area (Å²) < 4.78 is 11.8. The molecule has 3 heteroatoms. The van der Waals surface area contributed by atoms with Crippen molar-refractivity contribution in [2.24, 2.45) is 5.41 Å². The van der Waals surface area contributed by atoms with E-state index in [-0.39, 0.29) is 5.41 Å². The summed E-state index contributed by atoms with van der Waals surface area (Å²) in [6.07, 6.45) is 0. The van der Waals surface area contributed by atoms with Crippen LogP contribution in [-0.4, -0.2) is 28.1 Å². The Balaban J connectivity index is 2.46. The third kappa shape index (κ3) is 6.90. The average molecular weight is 280 g/mol. The Kier molecular flexibility index (Phi) is 6.24. The van der Waals surface area contributed by atoms with Crippen molar-refractivity contribution in [2.75, 3.05) is 19.8 Å². The van der Waals surface area contributed by atoms with Crippen LogP contribution >= 0.6 is 0 Å². The summed E-state index contributed by atoms with van der Waals surface area (Å²) in [5.41, 5.74) is 1.47. The first-order valence-corrected chi connectivity index (χ1v) is 10.2. The van der Waals surface area contributed by atoms with E-state index < -0.39 is 8.32 Å². The molecule has 1 aromatic rings. The third-order valence-corrected chi connectivity index (χ3v) is 5.21. The van der Waals surface area contributed by atoms with Gasteiger partial charge < -0.3 is 9.16 Å². The van der Waals surface area contributed by atoms with E-state index in [4.69, 9.17) is 9.16 Å². The lowest BCUT2D eigenvalue weighted by Gasteiger charge is -2.30. The molecule has 108 valence electrons. The van der Waals surface area contributed by atoms with Gasteiger partial charge in [0.25, 0.3) is 0 Å². The van der Waals surface area contributed by atoms with Gasteiger partial charge in [-0.2, -0.15) is 0 Å². The molecule has 0 heterocycles. The second-order valence-electron chi connectivity index (χ2n) is 6.51. The van der Waals surface area contributed by atoms with Crippen LogP contribution in [0.5, 0.6) is 0 Å². The van der Waals surface area contributed by atoms with E-state index in [1.54, 1.807) is 0 Å². The van der Waals surface area contributed by atoms with Gasteiger partial charge in [0, 0.05) is 18.6 Å². The molecular weight excluding hydrogens is 252 g/mol. The maximum Gasteiger partial charge on any atom is 0.191 e. The summed E-state index contributed by atoms with van der Waals surface area (Å²) in [5.74, 6) is 0. The molecule has 0 amide bonds. The van der Waals surface area contributed by atoms with Crippen molar-refractivity contribution >= 4 is 8.32 Å². The maximum absolute atomic E-state index is 6.25. The molecule has 2 nitrogen and oxygen atoms in total. The Morgan fingerprint density at radius 1 is 1.05 bits per heavy atom. The molecule has 0 aliphatic rings.